The number of hydrogen-bond donors (Lipinski definition) is 1. The van der Waals surface area contributed by atoms with Gasteiger partial charge in [0, 0.05) is 13.1 Å². The van der Waals surface area contributed by atoms with Crippen LogP contribution in [0.3, 0.4) is 0 Å². The minimum Gasteiger partial charge on any atom is -0.492 e. The Bertz CT molecular complexity index is 1190. The van der Waals surface area contributed by atoms with Crippen LogP contribution in [-0.2, 0) is 24.8 Å². The number of rotatable bonds is 10. The maximum Gasteiger partial charge on any atom is 0.243 e. The van der Waals surface area contributed by atoms with Crippen molar-refractivity contribution in [1.29, 1.82) is 0 Å². The topological polar surface area (TPSA) is 113 Å². The number of carbonyl (C=O) groups is 1. The highest BCUT2D eigenvalue weighted by atomic mass is 32.2. The molecule has 2 aromatic carbocycles. The van der Waals surface area contributed by atoms with Crippen LogP contribution in [0, 0.1) is 6.92 Å². The fourth-order valence-electron chi connectivity index (χ4n) is 3.73. The molecule has 0 aromatic heterocycles. The highest BCUT2D eigenvalue weighted by Crippen LogP contribution is 2.23. The average Bonchev–Trinajstić information content (AvgIpc) is 2.81. The minimum atomic E-state index is -3.64. The third kappa shape index (κ3) is 6.71. The molecular weight excluding hydrogens is 478 g/mol. The standard InChI is InChI=1S/C23H31N3O6S2/c1-19-8-4-5-9-22(19)26(33(2,28)29)18-23(27)24-14-17-32-20-10-12-21(13-11-20)34(30,31)25-15-6-3-7-16-25/h4-5,8-13H,3,6-7,14-18H2,1-2H3,(H,24,27). The second-order valence-electron chi connectivity index (χ2n) is 8.19. The second-order valence-corrected chi connectivity index (χ2v) is 12.0. The van der Waals surface area contributed by atoms with Gasteiger partial charge in [-0.25, -0.2) is 16.8 Å². The Balaban J connectivity index is 1.50. The molecule has 34 heavy (non-hydrogen) atoms. The number of nitrogens with zero attached hydrogens (tertiary/aromatic N) is 2. The predicted molar refractivity (Wildman–Crippen MR) is 131 cm³/mol. The second kappa shape index (κ2) is 11.2. The van der Waals surface area contributed by atoms with Gasteiger partial charge in [0.05, 0.1) is 23.4 Å². The summed E-state index contributed by atoms with van der Waals surface area (Å²) in [5, 5.41) is 2.65. The molecule has 0 atom stereocenters. The molecule has 1 saturated heterocycles. The van der Waals surface area contributed by atoms with E-state index in [1.807, 2.05) is 0 Å². The third-order valence-electron chi connectivity index (χ3n) is 5.54. The lowest BCUT2D eigenvalue weighted by Gasteiger charge is -2.25. The zero-order chi connectivity index (χ0) is 24.8. The normalized spacial score (nSPS) is 15.0. The van der Waals surface area contributed by atoms with E-state index in [1.54, 1.807) is 43.3 Å². The van der Waals surface area contributed by atoms with Crippen molar-refractivity contribution >= 4 is 31.6 Å². The number of aryl methyl sites for hydroxylation is 1. The largest absolute Gasteiger partial charge is 0.492 e. The SMILES string of the molecule is Cc1ccccc1N(CC(=O)NCCOc1ccc(S(=O)(=O)N2CCCCC2)cc1)S(C)(=O)=O. The lowest BCUT2D eigenvalue weighted by Crippen LogP contribution is -2.41. The molecule has 1 fully saturated rings. The molecule has 186 valence electrons. The molecule has 1 heterocycles. The summed E-state index contributed by atoms with van der Waals surface area (Å²) in [5.74, 6) is 0.0183. The first-order valence-electron chi connectivity index (χ1n) is 11.1. The molecule has 1 aliphatic heterocycles. The minimum absolute atomic E-state index is 0.146. The van der Waals surface area contributed by atoms with Gasteiger partial charge >= 0.3 is 0 Å². The van der Waals surface area contributed by atoms with Gasteiger partial charge in [0.15, 0.2) is 0 Å². The Kier molecular flexibility index (Phi) is 8.56. The fourth-order valence-corrected chi connectivity index (χ4v) is 6.16. The van der Waals surface area contributed by atoms with Gasteiger partial charge in [-0.2, -0.15) is 4.31 Å². The number of piperidine rings is 1. The molecule has 11 heteroatoms. The van der Waals surface area contributed by atoms with Crippen LogP contribution in [0.25, 0.3) is 0 Å². The summed E-state index contributed by atoms with van der Waals surface area (Å²) in [6.45, 7) is 2.84. The van der Waals surface area contributed by atoms with E-state index in [4.69, 9.17) is 4.74 Å². The first-order valence-corrected chi connectivity index (χ1v) is 14.4. The summed E-state index contributed by atoms with van der Waals surface area (Å²) < 4.78 is 58.0. The maximum absolute atomic E-state index is 12.7. The highest BCUT2D eigenvalue weighted by Gasteiger charge is 2.26. The quantitative estimate of drug-likeness (QED) is 0.491. The number of carbonyl (C=O) groups excluding carboxylic acids is 1. The molecule has 0 radical (unpaired) electrons. The molecule has 1 aliphatic rings. The van der Waals surface area contributed by atoms with E-state index >= 15 is 0 Å². The summed E-state index contributed by atoms with van der Waals surface area (Å²) in [6, 6.07) is 13.2. The number of benzene rings is 2. The van der Waals surface area contributed by atoms with Crippen LogP contribution >= 0.6 is 0 Å². The molecule has 0 unspecified atom stereocenters. The molecule has 2 aromatic rings. The van der Waals surface area contributed by atoms with E-state index in [2.05, 4.69) is 5.32 Å². The first-order chi connectivity index (χ1) is 16.1. The van der Waals surface area contributed by atoms with Gasteiger partial charge < -0.3 is 10.1 Å². The summed E-state index contributed by atoms with van der Waals surface area (Å²) in [7, 11) is -7.14. The maximum atomic E-state index is 12.7. The van der Waals surface area contributed by atoms with Crippen LogP contribution in [0.4, 0.5) is 5.69 Å². The molecule has 0 bridgehead atoms. The van der Waals surface area contributed by atoms with E-state index in [1.165, 1.54) is 16.4 Å². The summed E-state index contributed by atoms with van der Waals surface area (Å²) in [4.78, 5) is 12.6. The van der Waals surface area contributed by atoms with Gasteiger partial charge in [-0.1, -0.05) is 24.6 Å². The fraction of sp³-hybridized carbons (Fsp3) is 0.435. The summed E-state index contributed by atoms with van der Waals surface area (Å²) >= 11 is 0. The van der Waals surface area contributed by atoms with Gasteiger partial charge in [0.1, 0.15) is 18.9 Å². The monoisotopic (exact) mass is 509 g/mol. The zero-order valence-electron chi connectivity index (χ0n) is 19.4. The van der Waals surface area contributed by atoms with Crippen LogP contribution < -0.4 is 14.4 Å². The Labute approximate surface area is 201 Å². The molecule has 0 aliphatic carbocycles. The van der Waals surface area contributed by atoms with E-state index in [9.17, 15) is 21.6 Å². The van der Waals surface area contributed by atoms with Gasteiger partial charge in [-0.15, -0.1) is 0 Å². The van der Waals surface area contributed by atoms with Crippen molar-refractivity contribution in [2.24, 2.45) is 0 Å². The van der Waals surface area contributed by atoms with Gasteiger partial charge in [-0.05, 0) is 55.7 Å². The lowest BCUT2D eigenvalue weighted by atomic mass is 10.2. The number of sulfonamides is 2. The van der Waals surface area contributed by atoms with Crippen LogP contribution in [0.1, 0.15) is 24.8 Å². The Morgan fingerprint density at radius 2 is 1.65 bits per heavy atom. The van der Waals surface area contributed by atoms with Crippen LogP contribution in [0.5, 0.6) is 5.75 Å². The van der Waals surface area contributed by atoms with Crippen molar-refractivity contribution in [3.63, 3.8) is 0 Å². The van der Waals surface area contributed by atoms with Gasteiger partial charge in [0.25, 0.3) is 0 Å². The van der Waals surface area contributed by atoms with Crippen molar-refractivity contribution in [3.05, 3.63) is 54.1 Å². The third-order valence-corrected chi connectivity index (χ3v) is 8.58. The van der Waals surface area contributed by atoms with Crippen molar-refractivity contribution in [3.8, 4) is 5.75 Å². The van der Waals surface area contributed by atoms with Gasteiger partial charge in [0.2, 0.25) is 26.0 Å². The van der Waals surface area contributed by atoms with Crippen molar-refractivity contribution in [2.75, 3.05) is 43.3 Å². The zero-order valence-corrected chi connectivity index (χ0v) is 21.1. The van der Waals surface area contributed by atoms with E-state index in [0.29, 0.717) is 24.5 Å². The summed E-state index contributed by atoms with van der Waals surface area (Å²) in [5.41, 5.74) is 1.20. The molecule has 0 spiro atoms. The smallest absolute Gasteiger partial charge is 0.243 e. The van der Waals surface area contributed by atoms with Crippen LogP contribution in [-0.4, -0.2) is 66.1 Å². The number of hydrogen-bond acceptors (Lipinski definition) is 6. The van der Waals surface area contributed by atoms with Crippen LogP contribution in [0.15, 0.2) is 53.4 Å². The molecular formula is C23H31N3O6S2. The first kappa shape index (κ1) is 26.0. The van der Waals surface area contributed by atoms with E-state index in [0.717, 1.165) is 35.4 Å². The number of amides is 1. The Morgan fingerprint density at radius 3 is 2.26 bits per heavy atom. The van der Waals surface area contributed by atoms with Crippen molar-refractivity contribution in [1.82, 2.24) is 9.62 Å². The molecule has 3 rings (SSSR count). The number of anilines is 1. The van der Waals surface area contributed by atoms with Crippen molar-refractivity contribution in [2.45, 2.75) is 31.1 Å². The molecule has 0 saturated carbocycles. The Hall–Kier alpha value is -2.63. The van der Waals surface area contributed by atoms with E-state index in [-0.39, 0.29) is 24.6 Å². The average molecular weight is 510 g/mol. The number of para-hydroxylation sites is 1. The molecule has 1 amide bonds. The summed E-state index contributed by atoms with van der Waals surface area (Å²) in [6.07, 6.45) is 3.86. The van der Waals surface area contributed by atoms with E-state index < -0.39 is 26.0 Å². The molecule has 1 N–H and O–H groups in total. The highest BCUT2D eigenvalue weighted by molar-refractivity contribution is 7.92. The van der Waals surface area contributed by atoms with Crippen LogP contribution in [0.2, 0.25) is 0 Å². The van der Waals surface area contributed by atoms with Gasteiger partial charge in [-0.3, -0.25) is 9.10 Å². The van der Waals surface area contributed by atoms with Crippen molar-refractivity contribution < 1.29 is 26.4 Å². The predicted octanol–water partition coefficient (Wildman–Crippen LogP) is 2.13. The lowest BCUT2D eigenvalue weighted by molar-refractivity contribution is -0.119. The number of nitrogens with one attached hydrogen (secondary N) is 1. The number of ether oxygens (including phenoxy) is 1. The molecule has 9 nitrogen and oxygen atoms in total. The Morgan fingerprint density at radius 1 is 1.00 bits per heavy atom.